The lowest BCUT2D eigenvalue weighted by molar-refractivity contribution is -0.119. The summed E-state index contributed by atoms with van der Waals surface area (Å²) in [5.41, 5.74) is 1.75. The van der Waals surface area contributed by atoms with E-state index in [-0.39, 0.29) is 11.5 Å². The number of carbonyl (C=O) groups excluding carboxylic acids is 3. The molecule has 1 aliphatic heterocycles. The summed E-state index contributed by atoms with van der Waals surface area (Å²) in [7, 11) is 0. The highest BCUT2D eigenvalue weighted by molar-refractivity contribution is 7.99. The molecule has 1 saturated heterocycles. The predicted octanol–water partition coefficient (Wildman–Crippen LogP) is 5.93. The van der Waals surface area contributed by atoms with Gasteiger partial charge in [-0.1, -0.05) is 36.5 Å². The van der Waals surface area contributed by atoms with E-state index in [1.54, 1.807) is 53.5 Å². The van der Waals surface area contributed by atoms with E-state index in [1.165, 1.54) is 25.1 Å². The summed E-state index contributed by atoms with van der Waals surface area (Å²) in [6.45, 7) is 2.96. The Morgan fingerprint density at radius 3 is 2.26 bits per heavy atom. The molecule has 0 aliphatic carbocycles. The van der Waals surface area contributed by atoms with Crippen LogP contribution in [0.25, 0.3) is 0 Å². The molecular weight excluding hydrogens is 549 g/mol. The number of thioether (sulfide) groups is 1. The van der Waals surface area contributed by atoms with Gasteiger partial charge in [0.05, 0.1) is 22.0 Å². The van der Waals surface area contributed by atoms with Crippen LogP contribution in [0.3, 0.4) is 0 Å². The molecule has 3 aromatic carbocycles. The summed E-state index contributed by atoms with van der Waals surface area (Å²) in [6.07, 6.45) is 0. The zero-order valence-corrected chi connectivity index (χ0v) is 22.8. The number of thiol groups is 1. The first-order valence-corrected chi connectivity index (χ1v) is 13.6. The smallest absolute Gasteiger partial charge is 0.322 e. The van der Waals surface area contributed by atoms with Gasteiger partial charge in [0.1, 0.15) is 5.82 Å². The molecule has 8 nitrogen and oxygen atoms in total. The molecule has 0 unspecified atom stereocenters. The molecule has 0 saturated carbocycles. The highest BCUT2D eigenvalue weighted by Crippen LogP contribution is 2.31. The Balaban J connectivity index is 1.40. The zero-order valence-electron chi connectivity index (χ0n) is 20.4. The summed E-state index contributed by atoms with van der Waals surface area (Å²) in [6, 6.07) is 16.4. The Bertz CT molecular complexity index is 1340. The van der Waals surface area contributed by atoms with Gasteiger partial charge in [-0.05, 0) is 54.6 Å². The average Bonchev–Trinajstić information content (AvgIpc) is 2.90. The summed E-state index contributed by atoms with van der Waals surface area (Å²) in [5, 5.41) is 9.20. The molecule has 38 heavy (non-hydrogen) atoms. The number of benzene rings is 3. The van der Waals surface area contributed by atoms with Gasteiger partial charge in [-0.3, -0.25) is 9.59 Å². The second kappa shape index (κ2) is 12.5. The second-order valence-electron chi connectivity index (χ2n) is 8.29. The number of hydrogen-bond acceptors (Lipinski definition) is 6. The molecule has 0 radical (unpaired) electrons. The second-order valence-corrected chi connectivity index (χ2v) is 10.3. The van der Waals surface area contributed by atoms with E-state index in [1.807, 2.05) is 16.8 Å². The van der Waals surface area contributed by atoms with Gasteiger partial charge in [0.25, 0.3) is 5.91 Å². The summed E-state index contributed by atoms with van der Waals surface area (Å²) in [5.74, 6) is 0.496. The number of rotatable bonds is 6. The molecule has 1 aliphatic rings. The van der Waals surface area contributed by atoms with Crippen LogP contribution < -0.4 is 19.9 Å². The topological polar surface area (TPSA) is 85.0 Å². The first-order chi connectivity index (χ1) is 18.2. The number of hydrazine groups is 1. The van der Waals surface area contributed by atoms with Crippen molar-refractivity contribution in [2.75, 3.05) is 44.5 Å². The van der Waals surface area contributed by atoms with Crippen molar-refractivity contribution in [1.82, 2.24) is 5.01 Å². The van der Waals surface area contributed by atoms with Gasteiger partial charge >= 0.3 is 6.03 Å². The van der Waals surface area contributed by atoms with Gasteiger partial charge in [0.15, 0.2) is 0 Å². The van der Waals surface area contributed by atoms with Crippen LogP contribution in [0.15, 0.2) is 66.7 Å². The van der Waals surface area contributed by atoms with Crippen molar-refractivity contribution in [2.24, 2.45) is 0 Å². The lowest BCUT2D eigenvalue weighted by Gasteiger charge is -2.37. The molecule has 0 spiro atoms. The van der Waals surface area contributed by atoms with Gasteiger partial charge in [0.2, 0.25) is 5.91 Å². The van der Waals surface area contributed by atoms with Crippen molar-refractivity contribution in [3.05, 3.63) is 83.1 Å². The van der Waals surface area contributed by atoms with Crippen LogP contribution in [0.2, 0.25) is 5.02 Å². The number of carbonyl (C=O) groups is 3. The summed E-state index contributed by atoms with van der Waals surface area (Å²) >= 11 is 12.6. The fraction of sp³-hybridized carbons (Fsp3) is 0.192. The molecule has 1 fully saturated rings. The van der Waals surface area contributed by atoms with Crippen LogP contribution >= 0.6 is 36.2 Å². The average molecular weight is 574 g/mol. The van der Waals surface area contributed by atoms with E-state index in [4.69, 9.17) is 11.6 Å². The standard InChI is InChI=1S/C26H25ClFN5O3S2/c1-17(34)32(31-12-14-38-15-13-31)24-11-8-19(16-22(24)27)30-26(36)33(37)20-9-6-18(7-10-20)29-25(35)21-4-2-3-5-23(21)28/h2-11,16,37H,12-15H2,1H3,(H,29,35)(H,30,36). The minimum atomic E-state index is -0.618. The maximum absolute atomic E-state index is 13.8. The highest BCUT2D eigenvalue weighted by atomic mass is 35.5. The highest BCUT2D eigenvalue weighted by Gasteiger charge is 2.25. The van der Waals surface area contributed by atoms with Crippen LogP contribution in [-0.4, -0.2) is 47.4 Å². The molecule has 3 aromatic rings. The van der Waals surface area contributed by atoms with Crippen molar-refractivity contribution in [3.8, 4) is 0 Å². The SMILES string of the molecule is CC(=O)N(c1ccc(NC(=O)N(S)c2ccc(NC(=O)c3ccccc3F)cc2)cc1Cl)N1CCSCC1. The predicted molar refractivity (Wildman–Crippen MR) is 155 cm³/mol. The van der Waals surface area contributed by atoms with Gasteiger partial charge in [-0.25, -0.2) is 23.5 Å². The molecular formula is C26H25ClFN5O3S2. The third kappa shape index (κ3) is 6.60. The number of nitrogens with zero attached hydrogens (tertiary/aromatic N) is 3. The number of hydrogen-bond donors (Lipinski definition) is 3. The first kappa shape index (κ1) is 27.8. The van der Waals surface area contributed by atoms with Gasteiger partial charge in [-0.15, -0.1) is 0 Å². The van der Waals surface area contributed by atoms with Crippen molar-refractivity contribution in [3.63, 3.8) is 0 Å². The molecule has 0 atom stereocenters. The third-order valence-corrected chi connectivity index (χ3v) is 7.33. The lowest BCUT2D eigenvalue weighted by atomic mass is 10.2. The Morgan fingerprint density at radius 2 is 1.63 bits per heavy atom. The van der Waals surface area contributed by atoms with Crippen molar-refractivity contribution in [1.29, 1.82) is 0 Å². The Kier molecular flexibility index (Phi) is 9.16. The van der Waals surface area contributed by atoms with E-state index in [0.717, 1.165) is 28.9 Å². The Labute approximate surface area is 234 Å². The van der Waals surface area contributed by atoms with E-state index in [9.17, 15) is 18.8 Å². The number of anilines is 4. The van der Waals surface area contributed by atoms with E-state index >= 15 is 0 Å². The third-order valence-electron chi connectivity index (χ3n) is 5.68. The first-order valence-electron chi connectivity index (χ1n) is 11.6. The van der Waals surface area contributed by atoms with Crippen LogP contribution in [0.4, 0.5) is 31.9 Å². The molecule has 4 amide bonds. The molecule has 0 bridgehead atoms. The number of halogens is 2. The minimum absolute atomic E-state index is 0.0715. The van der Waals surface area contributed by atoms with Gasteiger partial charge in [-0.2, -0.15) is 11.8 Å². The van der Waals surface area contributed by atoms with Crippen LogP contribution in [0.5, 0.6) is 0 Å². The number of urea groups is 1. The minimum Gasteiger partial charge on any atom is -0.322 e. The molecule has 2 N–H and O–H groups in total. The molecule has 4 rings (SSSR count). The number of amides is 4. The molecule has 0 aromatic heterocycles. The summed E-state index contributed by atoms with van der Waals surface area (Å²) in [4.78, 5) is 37.5. The molecule has 1 heterocycles. The van der Waals surface area contributed by atoms with Crippen molar-refractivity contribution >= 4 is 76.8 Å². The summed E-state index contributed by atoms with van der Waals surface area (Å²) < 4.78 is 14.9. The maximum Gasteiger partial charge on any atom is 0.336 e. The Morgan fingerprint density at radius 1 is 0.974 bits per heavy atom. The van der Waals surface area contributed by atoms with Crippen LogP contribution in [0.1, 0.15) is 17.3 Å². The fourth-order valence-corrected chi connectivity index (χ4v) is 5.18. The van der Waals surface area contributed by atoms with Gasteiger partial charge < -0.3 is 10.6 Å². The quantitative estimate of drug-likeness (QED) is 0.318. The Hall–Kier alpha value is -3.25. The fourth-order valence-electron chi connectivity index (χ4n) is 3.85. The normalized spacial score (nSPS) is 13.5. The largest absolute Gasteiger partial charge is 0.336 e. The van der Waals surface area contributed by atoms with Crippen LogP contribution in [0, 0.1) is 5.82 Å². The van der Waals surface area contributed by atoms with Crippen molar-refractivity contribution < 1.29 is 18.8 Å². The van der Waals surface area contributed by atoms with E-state index < -0.39 is 17.8 Å². The lowest BCUT2D eigenvalue weighted by Crippen LogP contribution is -2.49. The molecule has 12 heteroatoms. The van der Waals surface area contributed by atoms with Gasteiger partial charge in [0, 0.05) is 42.9 Å². The number of nitrogens with one attached hydrogen (secondary N) is 2. The van der Waals surface area contributed by atoms with Crippen molar-refractivity contribution in [2.45, 2.75) is 6.92 Å². The van der Waals surface area contributed by atoms with Crippen LogP contribution in [-0.2, 0) is 4.79 Å². The monoisotopic (exact) mass is 573 g/mol. The van der Waals surface area contributed by atoms with E-state index in [2.05, 4.69) is 23.4 Å². The molecule has 198 valence electrons. The zero-order chi connectivity index (χ0) is 27.2. The van der Waals surface area contributed by atoms with E-state index in [0.29, 0.717) is 27.8 Å². The maximum atomic E-state index is 13.8.